The highest BCUT2D eigenvalue weighted by Gasteiger charge is 2.31. The standard InChI is InChI=1S/C20H17Cl2OP/c1-14-3-4-15(2)20(13-14)24(23,18-9-5-16(21)6-10-18)19-11-7-17(22)8-12-19/h3-13H,1-2H3. The lowest BCUT2D eigenvalue weighted by Gasteiger charge is -2.22. The summed E-state index contributed by atoms with van der Waals surface area (Å²) in [4.78, 5) is 0. The average Bonchev–Trinajstić information content (AvgIpc) is 2.57. The number of benzene rings is 3. The van der Waals surface area contributed by atoms with E-state index in [1.807, 2.05) is 56.3 Å². The second-order valence-electron chi connectivity index (χ2n) is 5.85. The molecule has 4 heteroatoms. The summed E-state index contributed by atoms with van der Waals surface area (Å²) < 4.78 is 14.3. The Morgan fingerprint density at radius 2 is 1.17 bits per heavy atom. The molecule has 0 spiro atoms. The summed E-state index contributed by atoms with van der Waals surface area (Å²) in [6, 6.07) is 20.6. The van der Waals surface area contributed by atoms with Gasteiger partial charge in [0.1, 0.15) is 0 Å². The maximum absolute atomic E-state index is 14.3. The van der Waals surface area contributed by atoms with E-state index >= 15 is 0 Å². The lowest BCUT2D eigenvalue weighted by Crippen LogP contribution is -2.26. The summed E-state index contributed by atoms with van der Waals surface area (Å²) in [5.41, 5.74) is 2.09. The van der Waals surface area contributed by atoms with Gasteiger partial charge in [0.15, 0.2) is 7.14 Å². The average molecular weight is 375 g/mol. The van der Waals surface area contributed by atoms with Gasteiger partial charge in [-0.15, -0.1) is 0 Å². The minimum absolute atomic E-state index is 0.627. The minimum atomic E-state index is -3.00. The molecule has 0 heterocycles. The van der Waals surface area contributed by atoms with E-state index in [2.05, 4.69) is 0 Å². The van der Waals surface area contributed by atoms with Crippen LogP contribution < -0.4 is 15.9 Å². The first-order valence-electron chi connectivity index (χ1n) is 7.61. The minimum Gasteiger partial charge on any atom is -0.309 e. The van der Waals surface area contributed by atoms with E-state index in [0.717, 1.165) is 27.0 Å². The molecule has 3 rings (SSSR count). The third kappa shape index (κ3) is 3.17. The van der Waals surface area contributed by atoms with Crippen molar-refractivity contribution in [2.24, 2.45) is 0 Å². The zero-order valence-electron chi connectivity index (χ0n) is 13.5. The van der Waals surface area contributed by atoms with Gasteiger partial charge in [0, 0.05) is 26.0 Å². The van der Waals surface area contributed by atoms with Crippen LogP contribution in [0, 0.1) is 13.8 Å². The Balaban J connectivity index is 2.32. The zero-order valence-corrected chi connectivity index (χ0v) is 15.9. The van der Waals surface area contributed by atoms with E-state index in [1.54, 1.807) is 24.3 Å². The molecule has 0 bridgehead atoms. The van der Waals surface area contributed by atoms with E-state index in [1.165, 1.54) is 0 Å². The molecule has 0 saturated carbocycles. The van der Waals surface area contributed by atoms with Gasteiger partial charge in [-0.05, 0) is 74.0 Å². The van der Waals surface area contributed by atoms with Gasteiger partial charge >= 0.3 is 0 Å². The van der Waals surface area contributed by atoms with E-state index in [0.29, 0.717) is 10.0 Å². The molecule has 0 saturated heterocycles. The van der Waals surface area contributed by atoms with Gasteiger partial charge in [-0.2, -0.15) is 0 Å². The molecule has 122 valence electrons. The molecular formula is C20H17Cl2OP. The van der Waals surface area contributed by atoms with Crippen LogP contribution in [-0.4, -0.2) is 0 Å². The van der Waals surface area contributed by atoms with Gasteiger partial charge in [0.25, 0.3) is 0 Å². The largest absolute Gasteiger partial charge is 0.309 e. The second kappa shape index (κ2) is 6.76. The van der Waals surface area contributed by atoms with Crippen LogP contribution >= 0.6 is 30.3 Å². The smallest absolute Gasteiger partial charge is 0.171 e. The third-order valence-corrected chi connectivity index (χ3v) is 7.80. The Morgan fingerprint density at radius 3 is 1.62 bits per heavy atom. The summed E-state index contributed by atoms with van der Waals surface area (Å²) in [5.74, 6) is 0. The van der Waals surface area contributed by atoms with Crippen molar-refractivity contribution in [2.45, 2.75) is 13.8 Å². The van der Waals surface area contributed by atoms with Gasteiger partial charge in [-0.25, -0.2) is 0 Å². The Bertz CT molecular complexity index is 866. The fourth-order valence-electron chi connectivity index (χ4n) is 2.79. The zero-order chi connectivity index (χ0) is 17.3. The molecule has 0 unspecified atom stereocenters. The lowest BCUT2D eigenvalue weighted by atomic mass is 10.2. The molecule has 3 aromatic carbocycles. The van der Waals surface area contributed by atoms with Gasteiger partial charge in [0.2, 0.25) is 0 Å². The monoisotopic (exact) mass is 374 g/mol. The van der Waals surface area contributed by atoms with Crippen LogP contribution in [0.15, 0.2) is 66.7 Å². The maximum atomic E-state index is 14.3. The highest BCUT2D eigenvalue weighted by Crippen LogP contribution is 2.43. The number of hydrogen-bond acceptors (Lipinski definition) is 1. The summed E-state index contributed by atoms with van der Waals surface area (Å²) in [6.07, 6.45) is 0. The molecule has 0 atom stereocenters. The van der Waals surface area contributed by atoms with Crippen molar-refractivity contribution >= 4 is 46.3 Å². The summed E-state index contributed by atoms with van der Waals surface area (Å²) in [6.45, 7) is 4.00. The predicted molar refractivity (Wildman–Crippen MR) is 105 cm³/mol. The highest BCUT2D eigenvalue weighted by atomic mass is 35.5. The molecule has 0 N–H and O–H groups in total. The predicted octanol–water partition coefficient (Wildman–Crippen LogP) is 5.25. The van der Waals surface area contributed by atoms with E-state index in [9.17, 15) is 4.57 Å². The van der Waals surface area contributed by atoms with Gasteiger partial charge in [-0.1, -0.05) is 40.9 Å². The Kier molecular flexibility index (Phi) is 4.88. The number of rotatable bonds is 3. The molecule has 24 heavy (non-hydrogen) atoms. The Hall–Kier alpha value is -1.53. The van der Waals surface area contributed by atoms with Crippen molar-refractivity contribution in [1.29, 1.82) is 0 Å². The van der Waals surface area contributed by atoms with Gasteiger partial charge in [0.05, 0.1) is 0 Å². The summed E-state index contributed by atoms with van der Waals surface area (Å²) in [7, 11) is -3.00. The molecular weight excluding hydrogens is 358 g/mol. The molecule has 0 radical (unpaired) electrons. The molecule has 0 amide bonds. The maximum Gasteiger partial charge on any atom is 0.171 e. The van der Waals surface area contributed by atoms with Crippen LogP contribution in [0.5, 0.6) is 0 Å². The van der Waals surface area contributed by atoms with Crippen LogP contribution in [0.2, 0.25) is 10.0 Å². The van der Waals surface area contributed by atoms with Crippen molar-refractivity contribution in [3.63, 3.8) is 0 Å². The normalized spacial score (nSPS) is 11.5. The second-order valence-corrected chi connectivity index (χ2v) is 9.46. The first kappa shape index (κ1) is 17.3. The third-order valence-electron chi connectivity index (χ3n) is 4.08. The van der Waals surface area contributed by atoms with E-state index < -0.39 is 7.14 Å². The van der Waals surface area contributed by atoms with Gasteiger partial charge < -0.3 is 4.57 Å². The first-order valence-corrected chi connectivity index (χ1v) is 10.1. The number of halogens is 2. The first-order chi connectivity index (χ1) is 11.4. The van der Waals surface area contributed by atoms with E-state index in [-0.39, 0.29) is 0 Å². The quantitative estimate of drug-likeness (QED) is 0.572. The molecule has 0 fully saturated rings. The fourth-order valence-corrected chi connectivity index (χ4v) is 5.99. The van der Waals surface area contributed by atoms with Crippen molar-refractivity contribution in [2.75, 3.05) is 0 Å². The number of hydrogen-bond donors (Lipinski definition) is 0. The Morgan fingerprint density at radius 1 is 0.708 bits per heavy atom. The molecule has 3 aromatic rings. The number of aryl methyl sites for hydroxylation is 2. The highest BCUT2D eigenvalue weighted by molar-refractivity contribution is 7.85. The lowest BCUT2D eigenvalue weighted by molar-refractivity contribution is 0.592. The van der Waals surface area contributed by atoms with Crippen molar-refractivity contribution < 1.29 is 4.57 Å². The fraction of sp³-hybridized carbons (Fsp3) is 0.100. The van der Waals surface area contributed by atoms with Crippen LogP contribution in [-0.2, 0) is 4.57 Å². The van der Waals surface area contributed by atoms with Crippen LogP contribution in [0.1, 0.15) is 11.1 Å². The molecule has 0 aliphatic carbocycles. The summed E-state index contributed by atoms with van der Waals surface area (Å²) >= 11 is 12.0. The molecule has 0 aromatic heterocycles. The SMILES string of the molecule is Cc1ccc(C)c(P(=O)(c2ccc(Cl)cc2)c2ccc(Cl)cc2)c1. The van der Waals surface area contributed by atoms with Crippen molar-refractivity contribution in [1.82, 2.24) is 0 Å². The molecule has 0 aliphatic rings. The topological polar surface area (TPSA) is 17.1 Å². The van der Waals surface area contributed by atoms with Crippen LogP contribution in [0.4, 0.5) is 0 Å². The summed E-state index contributed by atoms with van der Waals surface area (Å²) in [5, 5.41) is 3.64. The van der Waals surface area contributed by atoms with Gasteiger partial charge in [-0.3, -0.25) is 0 Å². The molecule has 0 aliphatic heterocycles. The van der Waals surface area contributed by atoms with Crippen molar-refractivity contribution in [3.8, 4) is 0 Å². The van der Waals surface area contributed by atoms with Crippen LogP contribution in [0.3, 0.4) is 0 Å². The van der Waals surface area contributed by atoms with Crippen molar-refractivity contribution in [3.05, 3.63) is 87.9 Å². The van der Waals surface area contributed by atoms with Crippen LogP contribution in [0.25, 0.3) is 0 Å². The Labute approximate surface area is 152 Å². The molecule has 1 nitrogen and oxygen atoms in total. The van der Waals surface area contributed by atoms with E-state index in [4.69, 9.17) is 23.2 Å².